The molecular formula is C22H20F3N3O. The first-order valence-corrected chi connectivity index (χ1v) is 9.48. The standard InChI is InChI=1S/C22H20F3N3O/c1-2-28-12-11-19-17(13-28)20(16-5-3-4-6-18(16)27-19)21(29)26-15-9-7-14(8-10-15)22(23,24)25/h3-10H,2,11-13H2,1H3,(H,26,29). The third kappa shape index (κ3) is 3.82. The van der Waals surface area contributed by atoms with Crippen molar-refractivity contribution >= 4 is 22.5 Å². The lowest BCUT2D eigenvalue weighted by atomic mass is 9.95. The van der Waals surface area contributed by atoms with Gasteiger partial charge in [0.2, 0.25) is 0 Å². The van der Waals surface area contributed by atoms with Crippen LogP contribution < -0.4 is 5.32 Å². The summed E-state index contributed by atoms with van der Waals surface area (Å²) in [6.07, 6.45) is -3.65. The number of benzene rings is 2. The van der Waals surface area contributed by atoms with Crippen molar-refractivity contribution < 1.29 is 18.0 Å². The zero-order valence-corrected chi connectivity index (χ0v) is 15.9. The number of halogens is 3. The normalized spacial score (nSPS) is 14.6. The second-order valence-corrected chi connectivity index (χ2v) is 7.08. The fourth-order valence-electron chi connectivity index (χ4n) is 3.71. The summed E-state index contributed by atoms with van der Waals surface area (Å²) in [6, 6.07) is 11.9. The number of likely N-dealkylation sites (N-methyl/N-ethyl adjacent to an activating group) is 1. The predicted molar refractivity (Wildman–Crippen MR) is 106 cm³/mol. The fourth-order valence-corrected chi connectivity index (χ4v) is 3.71. The molecule has 0 spiro atoms. The van der Waals surface area contributed by atoms with Crippen LogP contribution in [0.4, 0.5) is 18.9 Å². The van der Waals surface area contributed by atoms with E-state index in [1.165, 1.54) is 12.1 Å². The van der Waals surface area contributed by atoms with E-state index in [-0.39, 0.29) is 5.91 Å². The van der Waals surface area contributed by atoms with Crippen LogP contribution in [0.1, 0.15) is 34.1 Å². The molecule has 1 amide bonds. The number of hydrogen-bond acceptors (Lipinski definition) is 3. The van der Waals surface area contributed by atoms with Gasteiger partial charge >= 0.3 is 6.18 Å². The maximum Gasteiger partial charge on any atom is 0.416 e. The summed E-state index contributed by atoms with van der Waals surface area (Å²) in [5.74, 6) is -0.336. The summed E-state index contributed by atoms with van der Waals surface area (Å²) in [5, 5.41) is 3.50. The molecule has 0 aliphatic carbocycles. The van der Waals surface area contributed by atoms with Crippen molar-refractivity contribution in [2.45, 2.75) is 26.1 Å². The lowest BCUT2D eigenvalue weighted by Crippen LogP contribution is -2.33. The number of aromatic nitrogens is 1. The minimum absolute atomic E-state index is 0.320. The molecule has 2 aromatic carbocycles. The molecule has 29 heavy (non-hydrogen) atoms. The number of alkyl halides is 3. The van der Waals surface area contributed by atoms with E-state index in [4.69, 9.17) is 4.98 Å². The van der Waals surface area contributed by atoms with E-state index in [0.717, 1.165) is 53.8 Å². The number of para-hydroxylation sites is 1. The molecule has 1 aliphatic heterocycles. The third-order valence-electron chi connectivity index (χ3n) is 5.27. The van der Waals surface area contributed by atoms with Crippen LogP contribution in [0.5, 0.6) is 0 Å². The van der Waals surface area contributed by atoms with Crippen molar-refractivity contribution in [2.24, 2.45) is 0 Å². The van der Waals surface area contributed by atoms with Crippen LogP contribution in [0.3, 0.4) is 0 Å². The van der Waals surface area contributed by atoms with Crippen LogP contribution in [-0.2, 0) is 19.1 Å². The average Bonchev–Trinajstić information content (AvgIpc) is 2.71. The summed E-state index contributed by atoms with van der Waals surface area (Å²) >= 11 is 0. The van der Waals surface area contributed by atoms with Gasteiger partial charge in [-0.15, -0.1) is 0 Å². The maximum absolute atomic E-state index is 13.2. The van der Waals surface area contributed by atoms with Gasteiger partial charge in [-0.05, 0) is 36.9 Å². The number of fused-ring (bicyclic) bond motifs is 2. The molecule has 0 fully saturated rings. The van der Waals surface area contributed by atoms with Crippen LogP contribution in [0, 0.1) is 0 Å². The predicted octanol–water partition coefficient (Wildman–Crippen LogP) is 4.88. The van der Waals surface area contributed by atoms with Gasteiger partial charge in [0.15, 0.2) is 0 Å². The van der Waals surface area contributed by atoms with Crippen molar-refractivity contribution in [1.29, 1.82) is 0 Å². The Morgan fingerprint density at radius 1 is 1.14 bits per heavy atom. The van der Waals surface area contributed by atoms with Gasteiger partial charge in [-0.3, -0.25) is 14.7 Å². The number of rotatable bonds is 3. The van der Waals surface area contributed by atoms with Gasteiger partial charge in [0, 0.05) is 41.8 Å². The molecule has 0 unspecified atom stereocenters. The van der Waals surface area contributed by atoms with Crippen LogP contribution >= 0.6 is 0 Å². The van der Waals surface area contributed by atoms with Crippen molar-refractivity contribution in [1.82, 2.24) is 9.88 Å². The van der Waals surface area contributed by atoms with E-state index < -0.39 is 11.7 Å². The van der Waals surface area contributed by atoms with Crippen molar-refractivity contribution in [3.05, 3.63) is 70.9 Å². The lowest BCUT2D eigenvalue weighted by molar-refractivity contribution is -0.137. The Bertz CT molecular complexity index is 1060. The number of amides is 1. The molecule has 1 N–H and O–H groups in total. The van der Waals surface area contributed by atoms with Crippen LogP contribution in [0.2, 0.25) is 0 Å². The largest absolute Gasteiger partial charge is 0.416 e. The topological polar surface area (TPSA) is 45.2 Å². The van der Waals surface area contributed by atoms with Gasteiger partial charge in [0.05, 0.1) is 16.6 Å². The third-order valence-corrected chi connectivity index (χ3v) is 5.27. The number of pyridine rings is 1. The van der Waals surface area contributed by atoms with Crippen LogP contribution in [0.15, 0.2) is 48.5 Å². The first-order valence-electron chi connectivity index (χ1n) is 9.48. The molecule has 0 atom stereocenters. The minimum atomic E-state index is -4.41. The van der Waals surface area contributed by atoms with Gasteiger partial charge in [-0.2, -0.15) is 13.2 Å². The van der Waals surface area contributed by atoms with Gasteiger partial charge in [-0.1, -0.05) is 25.1 Å². The first-order chi connectivity index (χ1) is 13.9. The molecule has 0 radical (unpaired) electrons. The van der Waals surface area contributed by atoms with Gasteiger partial charge in [0.25, 0.3) is 5.91 Å². The lowest BCUT2D eigenvalue weighted by Gasteiger charge is -2.29. The van der Waals surface area contributed by atoms with Crippen molar-refractivity contribution in [3.8, 4) is 0 Å². The van der Waals surface area contributed by atoms with E-state index in [9.17, 15) is 18.0 Å². The van der Waals surface area contributed by atoms with E-state index >= 15 is 0 Å². The van der Waals surface area contributed by atoms with E-state index in [0.29, 0.717) is 17.8 Å². The van der Waals surface area contributed by atoms with Crippen molar-refractivity contribution in [2.75, 3.05) is 18.4 Å². The monoisotopic (exact) mass is 399 g/mol. The minimum Gasteiger partial charge on any atom is -0.322 e. The summed E-state index contributed by atoms with van der Waals surface area (Å²) < 4.78 is 38.3. The highest BCUT2D eigenvalue weighted by molar-refractivity contribution is 6.13. The maximum atomic E-state index is 13.2. The molecule has 150 valence electrons. The number of nitrogens with zero attached hydrogens (tertiary/aromatic N) is 2. The Kier molecular flexibility index (Phi) is 5.00. The van der Waals surface area contributed by atoms with E-state index in [1.807, 2.05) is 24.3 Å². The zero-order valence-electron chi connectivity index (χ0n) is 15.9. The molecule has 4 rings (SSSR count). The molecule has 0 saturated heterocycles. The average molecular weight is 399 g/mol. The molecule has 3 aromatic rings. The van der Waals surface area contributed by atoms with Gasteiger partial charge in [0.1, 0.15) is 0 Å². The second-order valence-electron chi connectivity index (χ2n) is 7.08. The number of anilines is 1. The number of carbonyl (C=O) groups is 1. The Morgan fingerprint density at radius 2 is 1.86 bits per heavy atom. The molecule has 2 heterocycles. The summed E-state index contributed by atoms with van der Waals surface area (Å²) in [5.41, 5.74) is 2.66. The Labute approximate surface area is 166 Å². The highest BCUT2D eigenvalue weighted by Gasteiger charge is 2.30. The van der Waals surface area contributed by atoms with Gasteiger partial charge < -0.3 is 5.32 Å². The Balaban J connectivity index is 1.73. The SMILES string of the molecule is CCN1CCc2nc3ccccc3c(C(=O)Nc3ccc(C(F)(F)F)cc3)c2C1. The number of carbonyl (C=O) groups excluding carboxylic acids is 1. The summed E-state index contributed by atoms with van der Waals surface area (Å²) in [4.78, 5) is 20.2. The summed E-state index contributed by atoms with van der Waals surface area (Å²) in [6.45, 7) is 4.45. The molecule has 1 aliphatic rings. The van der Waals surface area contributed by atoms with Crippen LogP contribution in [0.25, 0.3) is 10.9 Å². The summed E-state index contributed by atoms with van der Waals surface area (Å²) in [7, 11) is 0. The zero-order chi connectivity index (χ0) is 20.6. The molecule has 4 nitrogen and oxygen atoms in total. The molecule has 0 saturated carbocycles. The highest BCUT2D eigenvalue weighted by Crippen LogP contribution is 2.31. The second kappa shape index (κ2) is 7.48. The van der Waals surface area contributed by atoms with Crippen molar-refractivity contribution in [3.63, 3.8) is 0 Å². The Morgan fingerprint density at radius 3 is 2.55 bits per heavy atom. The Hall–Kier alpha value is -2.93. The quantitative estimate of drug-likeness (QED) is 0.683. The number of hydrogen-bond donors (Lipinski definition) is 1. The molecule has 0 bridgehead atoms. The fraction of sp³-hybridized carbons (Fsp3) is 0.273. The van der Waals surface area contributed by atoms with Gasteiger partial charge in [-0.25, -0.2) is 0 Å². The first kappa shape index (κ1) is 19.4. The van der Waals surface area contributed by atoms with Crippen LogP contribution in [-0.4, -0.2) is 28.9 Å². The highest BCUT2D eigenvalue weighted by atomic mass is 19.4. The smallest absolute Gasteiger partial charge is 0.322 e. The van der Waals surface area contributed by atoms with E-state index in [2.05, 4.69) is 17.1 Å². The molecule has 1 aromatic heterocycles. The molecule has 7 heteroatoms. The molecular weight excluding hydrogens is 379 g/mol. The van der Waals surface area contributed by atoms with E-state index in [1.54, 1.807) is 0 Å². The number of nitrogens with one attached hydrogen (secondary N) is 1.